The topological polar surface area (TPSA) is 28.2 Å². The summed E-state index contributed by atoms with van der Waals surface area (Å²) in [5.41, 5.74) is 1.41. The van der Waals surface area contributed by atoms with Crippen LogP contribution < -0.4 is 0 Å². The Labute approximate surface area is 188 Å². The first kappa shape index (κ1) is 29.3. The van der Waals surface area contributed by atoms with Crippen molar-refractivity contribution >= 4 is 48.9 Å². The Bertz CT molecular complexity index is 214. The van der Waals surface area contributed by atoms with Crippen molar-refractivity contribution in [2.24, 2.45) is 21.7 Å². The van der Waals surface area contributed by atoms with Gasteiger partial charge in [0.25, 0.3) is 0 Å². The number of rotatable bonds is 4. The Balaban J connectivity index is -0.000000333. The van der Waals surface area contributed by atoms with Crippen LogP contribution in [0.25, 0.3) is 10.6 Å². The predicted octanol–water partition coefficient (Wildman–Crippen LogP) is 6.52. The van der Waals surface area contributed by atoms with Gasteiger partial charge < -0.3 is 10.6 Å². The minimum atomic E-state index is 0. The van der Waals surface area contributed by atoms with E-state index >= 15 is 0 Å². The summed E-state index contributed by atoms with van der Waals surface area (Å²) in [5.74, 6) is 0. The fourth-order valence-corrected chi connectivity index (χ4v) is 1.45. The maximum absolute atomic E-state index is 4.51. The molecule has 0 unspecified atom stereocenters. The Morgan fingerprint density at radius 3 is 0.609 bits per heavy atom. The zero-order valence-electron chi connectivity index (χ0n) is 18.4. The van der Waals surface area contributed by atoms with Gasteiger partial charge in [0.1, 0.15) is 0 Å². The van der Waals surface area contributed by atoms with Gasteiger partial charge in [0.2, 0.25) is 0 Å². The molecule has 0 rings (SSSR count). The van der Waals surface area contributed by atoms with E-state index in [0.717, 1.165) is 26.2 Å². The van der Waals surface area contributed by atoms with Gasteiger partial charge in [0, 0.05) is 0 Å². The zero-order chi connectivity index (χ0) is 18.2. The maximum atomic E-state index is 4.51. The Kier molecular flexibility index (Phi) is 15.2. The van der Waals surface area contributed by atoms with Crippen LogP contribution in [0.3, 0.4) is 0 Å². The second-order valence-electron chi connectivity index (χ2n) is 11.3. The van der Waals surface area contributed by atoms with Gasteiger partial charge in [0.05, 0.1) is 0 Å². The SMILES string of the molecule is CC(C)(C)C[N-]CC(C)(C)C.CC(C)(C)C[N-]CC(C)(C)C.[Ba+2]. The fourth-order valence-electron chi connectivity index (χ4n) is 1.45. The first-order chi connectivity index (χ1) is 9.41. The van der Waals surface area contributed by atoms with Crippen molar-refractivity contribution in [1.29, 1.82) is 0 Å². The second-order valence-corrected chi connectivity index (χ2v) is 11.3. The van der Waals surface area contributed by atoms with E-state index in [2.05, 4.69) is 93.7 Å². The first-order valence-electron chi connectivity index (χ1n) is 8.68. The van der Waals surface area contributed by atoms with Gasteiger partial charge in [0.15, 0.2) is 0 Å². The standard InChI is InChI=1S/2C10H22N.Ba/c2*1-9(2,3)7-11-8-10(4,5)6;/h2*7-8H2,1-6H3;/q2*-1;+2. The molecule has 0 spiro atoms. The second kappa shape index (κ2) is 12.0. The van der Waals surface area contributed by atoms with Gasteiger partial charge in [-0.25, -0.2) is 0 Å². The van der Waals surface area contributed by atoms with Crippen molar-refractivity contribution in [3.63, 3.8) is 0 Å². The molecule has 0 atom stereocenters. The van der Waals surface area contributed by atoms with Gasteiger partial charge in [-0.2, -0.15) is 0 Å². The van der Waals surface area contributed by atoms with E-state index in [0.29, 0.717) is 21.7 Å². The molecule has 0 saturated heterocycles. The third kappa shape index (κ3) is 35.5. The number of hydrogen-bond acceptors (Lipinski definition) is 0. The number of nitrogens with zero attached hydrogens (tertiary/aromatic N) is 2. The molecule has 0 bridgehead atoms. The van der Waals surface area contributed by atoms with Crippen molar-refractivity contribution in [1.82, 2.24) is 0 Å². The largest absolute Gasteiger partial charge is 2.00 e. The molecule has 0 aliphatic carbocycles. The molecule has 0 amide bonds. The molecule has 0 radical (unpaired) electrons. The number of hydrogen-bond donors (Lipinski definition) is 0. The molecule has 0 aromatic carbocycles. The minimum absolute atomic E-state index is 0. The van der Waals surface area contributed by atoms with E-state index in [1.165, 1.54) is 0 Å². The van der Waals surface area contributed by atoms with Crippen LogP contribution in [0.5, 0.6) is 0 Å². The van der Waals surface area contributed by atoms with Crippen molar-refractivity contribution in [3.05, 3.63) is 10.6 Å². The smallest absolute Gasteiger partial charge is 0.661 e. The summed E-state index contributed by atoms with van der Waals surface area (Å²) >= 11 is 0. The van der Waals surface area contributed by atoms with Gasteiger partial charge in [-0.1, -0.05) is 105 Å². The average molecular weight is 450 g/mol. The molecule has 0 aliphatic rings. The summed E-state index contributed by atoms with van der Waals surface area (Å²) in [6.07, 6.45) is 0. The monoisotopic (exact) mass is 450 g/mol. The van der Waals surface area contributed by atoms with Crippen LogP contribution in [-0.4, -0.2) is 75.1 Å². The van der Waals surface area contributed by atoms with E-state index < -0.39 is 0 Å². The summed E-state index contributed by atoms with van der Waals surface area (Å²) in [6, 6.07) is 0. The molecule has 0 saturated carbocycles. The quantitative estimate of drug-likeness (QED) is 0.437. The van der Waals surface area contributed by atoms with Crippen LogP contribution in [-0.2, 0) is 0 Å². The van der Waals surface area contributed by atoms with Gasteiger partial charge in [-0.05, 0) is 0 Å². The molecular formula is C20H44BaN2. The third-order valence-electron chi connectivity index (χ3n) is 2.34. The molecule has 136 valence electrons. The molecule has 0 aromatic heterocycles. The molecular weight excluding hydrogens is 406 g/mol. The van der Waals surface area contributed by atoms with Gasteiger partial charge in [-0.15, -0.1) is 26.2 Å². The van der Waals surface area contributed by atoms with E-state index in [4.69, 9.17) is 0 Å². The van der Waals surface area contributed by atoms with Gasteiger partial charge >= 0.3 is 48.9 Å². The zero-order valence-corrected chi connectivity index (χ0v) is 22.9. The van der Waals surface area contributed by atoms with E-state index in [1.54, 1.807) is 0 Å². The molecule has 0 heterocycles. The summed E-state index contributed by atoms with van der Waals surface area (Å²) < 4.78 is 0. The minimum Gasteiger partial charge on any atom is -0.661 e. The van der Waals surface area contributed by atoms with Crippen LogP contribution in [0.1, 0.15) is 83.1 Å². The van der Waals surface area contributed by atoms with Crippen molar-refractivity contribution in [2.45, 2.75) is 83.1 Å². The van der Waals surface area contributed by atoms with Crippen LogP contribution >= 0.6 is 0 Å². The van der Waals surface area contributed by atoms with E-state index in [9.17, 15) is 0 Å². The molecule has 0 aliphatic heterocycles. The normalized spacial score (nSPS) is 13.0. The van der Waals surface area contributed by atoms with E-state index in [-0.39, 0.29) is 48.9 Å². The Morgan fingerprint density at radius 1 is 0.391 bits per heavy atom. The Hall–Kier alpha value is 1.49. The van der Waals surface area contributed by atoms with E-state index in [1.807, 2.05) is 0 Å². The summed E-state index contributed by atoms with van der Waals surface area (Å²) in [6.45, 7) is 30.6. The fraction of sp³-hybridized carbons (Fsp3) is 1.00. The molecule has 23 heavy (non-hydrogen) atoms. The summed E-state index contributed by atoms with van der Waals surface area (Å²) in [5, 5.41) is 9.03. The van der Waals surface area contributed by atoms with Crippen molar-refractivity contribution < 1.29 is 0 Å². The summed E-state index contributed by atoms with van der Waals surface area (Å²) in [4.78, 5) is 0. The van der Waals surface area contributed by atoms with Crippen LogP contribution in [0.2, 0.25) is 0 Å². The van der Waals surface area contributed by atoms with Crippen LogP contribution in [0.15, 0.2) is 0 Å². The van der Waals surface area contributed by atoms with Crippen molar-refractivity contribution in [3.8, 4) is 0 Å². The van der Waals surface area contributed by atoms with Crippen LogP contribution in [0.4, 0.5) is 0 Å². The molecule has 2 nitrogen and oxygen atoms in total. The molecule has 3 heteroatoms. The van der Waals surface area contributed by atoms with Gasteiger partial charge in [-0.3, -0.25) is 0 Å². The predicted molar refractivity (Wildman–Crippen MR) is 110 cm³/mol. The molecule has 0 aromatic rings. The maximum Gasteiger partial charge on any atom is 2.00 e. The third-order valence-corrected chi connectivity index (χ3v) is 2.34. The first-order valence-corrected chi connectivity index (χ1v) is 8.68. The average Bonchev–Trinajstić information content (AvgIpc) is 2.08. The summed E-state index contributed by atoms with van der Waals surface area (Å²) in [7, 11) is 0. The Morgan fingerprint density at radius 2 is 0.522 bits per heavy atom. The molecule has 0 N–H and O–H groups in total. The van der Waals surface area contributed by atoms with Crippen molar-refractivity contribution in [2.75, 3.05) is 26.2 Å². The molecule has 0 fully saturated rings. The van der Waals surface area contributed by atoms with Crippen LogP contribution in [0, 0.1) is 21.7 Å².